The summed E-state index contributed by atoms with van der Waals surface area (Å²) in [5.41, 5.74) is -1.11. The van der Waals surface area contributed by atoms with Gasteiger partial charge in [0.25, 0.3) is 0 Å². The first-order valence-corrected chi connectivity index (χ1v) is 9.81. The monoisotopic (exact) mass is 366 g/mol. The van der Waals surface area contributed by atoms with Gasteiger partial charge in [-0.15, -0.1) is 0 Å². The van der Waals surface area contributed by atoms with E-state index in [0.29, 0.717) is 5.76 Å². The van der Waals surface area contributed by atoms with Crippen molar-refractivity contribution >= 4 is 5.96 Å². The maximum absolute atomic E-state index is 10.6. The zero-order valence-corrected chi connectivity index (χ0v) is 17.3. The summed E-state index contributed by atoms with van der Waals surface area (Å²) in [7, 11) is 4.24. The minimum Gasteiger partial charge on any atom is -0.463 e. The minimum atomic E-state index is -1.11. The van der Waals surface area contributed by atoms with Gasteiger partial charge in [0.05, 0.1) is 6.54 Å². The molecule has 6 heteroatoms. The molecule has 0 radical (unpaired) electrons. The number of hydrogen-bond donors (Lipinski definition) is 3. The van der Waals surface area contributed by atoms with Crippen LogP contribution in [0.15, 0.2) is 21.5 Å². The van der Waals surface area contributed by atoms with Crippen molar-refractivity contribution in [1.29, 1.82) is 0 Å². The van der Waals surface area contributed by atoms with E-state index in [9.17, 15) is 5.11 Å². The summed E-state index contributed by atoms with van der Waals surface area (Å²) in [4.78, 5) is 6.75. The van der Waals surface area contributed by atoms with Crippen LogP contribution in [-0.4, -0.2) is 56.2 Å². The molecule has 0 aliphatic carbocycles. The molecule has 6 nitrogen and oxygen atoms in total. The third-order valence-corrected chi connectivity index (χ3v) is 4.24. The Hall–Kier alpha value is -1.53. The molecule has 1 rings (SSSR count). The van der Waals surface area contributed by atoms with Crippen LogP contribution in [0.5, 0.6) is 0 Å². The number of guanidine groups is 1. The number of rotatable bonds is 12. The average molecular weight is 367 g/mol. The van der Waals surface area contributed by atoms with Gasteiger partial charge in [-0.25, -0.2) is 4.99 Å². The molecule has 1 atom stereocenters. The fourth-order valence-electron chi connectivity index (χ4n) is 2.67. The predicted molar refractivity (Wildman–Crippen MR) is 109 cm³/mol. The van der Waals surface area contributed by atoms with E-state index in [4.69, 9.17) is 4.42 Å². The van der Waals surface area contributed by atoms with Crippen LogP contribution in [0, 0.1) is 6.92 Å². The molecule has 0 saturated carbocycles. The molecule has 0 bridgehead atoms. The maximum Gasteiger partial charge on any atom is 0.191 e. The Bertz CT molecular complexity index is 524. The van der Waals surface area contributed by atoms with Crippen molar-refractivity contribution in [2.45, 2.75) is 58.5 Å². The van der Waals surface area contributed by atoms with Gasteiger partial charge >= 0.3 is 0 Å². The predicted octanol–water partition coefficient (Wildman–Crippen LogP) is 2.86. The second kappa shape index (κ2) is 12.0. The number of aryl methyl sites for hydroxylation is 1. The zero-order valence-electron chi connectivity index (χ0n) is 17.3. The first-order chi connectivity index (χ1) is 12.3. The van der Waals surface area contributed by atoms with Gasteiger partial charge in [0.1, 0.15) is 17.1 Å². The summed E-state index contributed by atoms with van der Waals surface area (Å²) in [6.45, 7) is 8.74. The number of unbranched alkanes of at least 4 members (excludes halogenated alkanes) is 4. The fraction of sp³-hybridized carbons (Fsp3) is 0.750. The molecule has 1 aromatic heterocycles. The smallest absolute Gasteiger partial charge is 0.191 e. The first-order valence-electron chi connectivity index (χ1n) is 9.81. The van der Waals surface area contributed by atoms with Gasteiger partial charge in [-0.2, -0.15) is 0 Å². The van der Waals surface area contributed by atoms with Crippen LogP contribution in [0.25, 0.3) is 0 Å². The van der Waals surface area contributed by atoms with Crippen molar-refractivity contribution in [3.8, 4) is 0 Å². The van der Waals surface area contributed by atoms with Gasteiger partial charge < -0.3 is 25.1 Å². The minimum absolute atomic E-state index is 0.250. The molecule has 1 aromatic rings. The molecule has 26 heavy (non-hydrogen) atoms. The van der Waals surface area contributed by atoms with Crippen LogP contribution in [0.2, 0.25) is 0 Å². The SMILES string of the molecule is CCNC(=NCC(C)(O)c1ccc(C)o1)NCCCCCCCN(C)C. The van der Waals surface area contributed by atoms with E-state index < -0.39 is 5.60 Å². The van der Waals surface area contributed by atoms with E-state index in [-0.39, 0.29) is 6.54 Å². The summed E-state index contributed by atoms with van der Waals surface area (Å²) < 4.78 is 5.54. The number of hydrogen-bond acceptors (Lipinski definition) is 4. The average Bonchev–Trinajstić information content (AvgIpc) is 3.02. The van der Waals surface area contributed by atoms with E-state index in [1.54, 1.807) is 6.92 Å². The molecule has 0 spiro atoms. The lowest BCUT2D eigenvalue weighted by molar-refractivity contribution is 0.0428. The number of aliphatic imine (C=N–C) groups is 1. The van der Waals surface area contributed by atoms with E-state index in [1.165, 1.54) is 32.2 Å². The summed E-state index contributed by atoms with van der Waals surface area (Å²) in [6, 6.07) is 3.66. The molecule has 0 fully saturated rings. The molecule has 0 saturated heterocycles. The molecule has 0 amide bonds. The van der Waals surface area contributed by atoms with E-state index in [0.717, 1.165) is 31.2 Å². The molecule has 0 aliphatic rings. The third-order valence-electron chi connectivity index (χ3n) is 4.24. The first kappa shape index (κ1) is 22.5. The van der Waals surface area contributed by atoms with E-state index in [2.05, 4.69) is 34.6 Å². The quantitative estimate of drug-likeness (QED) is 0.301. The summed E-state index contributed by atoms with van der Waals surface area (Å²) in [6.07, 6.45) is 6.18. The van der Waals surface area contributed by atoms with E-state index >= 15 is 0 Å². The van der Waals surface area contributed by atoms with Crippen LogP contribution in [0.1, 0.15) is 57.5 Å². The molecule has 1 heterocycles. The molecular formula is C20H38N4O2. The number of nitrogens with one attached hydrogen (secondary N) is 2. The number of aliphatic hydroxyl groups is 1. The third kappa shape index (κ3) is 9.25. The van der Waals surface area contributed by atoms with E-state index in [1.807, 2.05) is 26.0 Å². The van der Waals surface area contributed by atoms with Crippen LogP contribution in [0.4, 0.5) is 0 Å². The van der Waals surface area contributed by atoms with Crippen molar-refractivity contribution in [2.24, 2.45) is 4.99 Å². The number of furan rings is 1. The molecule has 0 aliphatic heterocycles. The highest BCUT2D eigenvalue weighted by atomic mass is 16.4. The molecule has 150 valence electrons. The fourth-order valence-corrected chi connectivity index (χ4v) is 2.67. The lowest BCUT2D eigenvalue weighted by atomic mass is 10.0. The van der Waals surface area contributed by atoms with Gasteiger partial charge in [-0.05, 0) is 66.4 Å². The Balaban J connectivity index is 2.32. The van der Waals surface area contributed by atoms with Crippen molar-refractivity contribution < 1.29 is 9.52 Å². The second-order valence-corrected chi connectivity index (χ2v) is 7.38. The second-order valence-electron chi connectivity index (χ2n) is 7.38. The largest absolute Gasteiger partial charge is 0.463 e. The standard InChI is InChI=1S/C20H38N4O2/c1-6-21-19(22-14-10-8-7-9-11-15-24(4)5)23-16-20(3,25)18-13-12-17(2)26-18/h12-13,25H,6-11,14-16H2,1-5H3,(H2,21,22,23). The Labute approximate surface area is 159 Å². The van der Waals surface area contributed by atoms with Crippen molar-refractivity contribution in [1.82, 2.24) is 15.5 Å². The van der Waals surface area contributed by atoms with Gasteiger partial charge in [0.2, 0.25) is 0 Å². The lowest BCUT2D eigenvalue weighted by Gasteiger charge is -2.19. The zero-order chi connectivity index (χ0) is 19.4. The van der Waals surface area contributed by atoms with Gasteiger partial charge in [0.15, 0.2) is 5.96 Å². The van der Waals surface area contributed by atoms with Crippen LogP contribution in [0.3, 0.4) is 0 Å². The van der Waals surface area contributed by atoms with Crippen LogP contribution < -0.4 is 10.6 Å². The topological polar surface area (TPSA) is 73.0 Å². The summed E-state index contributed by atoms with van der Waals surface area (Å²) in [5.74, 6) is 2.08. The summed E-state index contributed by atoms with van der Waals surface area (Å²) in [5, 5.41) is 17.2. The highest BCUT2D eigenvalue weighted by Gasteiger charge is 2.26. The van der Waals surface area contributed by atoms with Crippen molar-refractivity contribution in [2.75, 3.05) is 40.3 Å². The Morgan fingerprint density at radius 2 is 1.85 bits per heavy atom. The van der Waals surface area contributed by atoms with Crippen LogP contribution >= 0.6 is 0 Å². The molecule has 3 N–H and O–H groups in total. The Morgan fingerprint density at radius 1 is 1.15 bits per heavy atom. The van der Waals surface area contributed by atoms with Gasteiger partial charge in [0, 0.05) is 13.1 Å². The highest BCUT2D eigenvalue weighted by Crippen LogP contribution is 2.22. The Morgan fingerprint density at radius 3 is 2.46 bits per heavy atom. The van der Waals surface area contributed by atoms with Crippen molar-refractivity contribution in [3.05, 3.63) is 23.7 Å². The highest BCUT2D eigenvalue weighted by molar-refractivity contribution is 5.79. The summed E-state index contributed by atoms with van der Waals surface area (Å²) >= 11 is 0. The normalized spacial score (nSPS) is 14.5. The molecular weight excluding hydrogens is 328 g/mol. The van der Waals surface area contributed by atoms with Gasteiger partial charge in [-0.3, -0.25) is 0 Å². The van der Waals surface area contributed by atoms with Gasteiger partial charge in [-0.1, -0.05) is 19.3 Å². The van der Waals surface area contributed by atoms with Crippen LogP contribution in [-0.2, 0) is 5.60 Å². The molecule has 1 unspecified atom stereocenters. The number of nitrogens with zero attached hydrogens (tertiary/aromatic N) is 2. The lowest BCUT2D eigenvalue weighted by Crippen LogP contribution is -2.39. The Kier molecular flexibility index (Phi) is 10.4. The maximum atomic E-state index is 10.6. The molecule has 0 aromatic carbocycles. The van der Waals surface area contributed by atoms with Crippen molar-refractivity contribution in [3.63, 3.8) is 0 Å².